The van der Waals surface area contributed by atoms with E-state index in [0.29, 0.717) is 11.4 Å². The second kappa shape index (κ2) is 5.70. The van der Waals surface area contributed by atoms with E-state index in [4.69, 9.17) is 0 Å². The van der Waals surface area contributed by atoms with E-state index in [-0.39, 0.29) is 11.0 Å². The first kappa shape index (κ1) is 14.6. The molecule has 0 saturated heterocycles. The molecule has 0 aliphatic rings. The maximum Gasteiger partial charge on any atom is 0.433 e. The average Bonchev–Trinajstić information content (AvgIpc) is 2.74. The number of aryl methyl sites for hydroxylation is 1. The summed E-state index contributed by atoms with van der Waals surface area (Å²) < 4.78 is 39.9. The molecule has 0 aliphatic carbocycles. The van der Waals surface area contributed by atoms with Crippen molar-refractivity contribution in [1.29, 1.82) is 0 Å². The molecule has 5 nitrogen and oxygen atoms in total. The highest BCUT2D eigenvalue weighted by atomic mass is 32.2. The van der Waals surface area contributed by atoms with Crippen LogP contribution in [0.15, 0.2) is 28.4 Å². The summed E-state index contributed by atoms with van der Waals surface area (Å²) in [5.74, 6) is -0.0336. The van der Waals surface area contributed by atoms with Crippen molar-refractivity contribution in [1.82, 2.24) is 19.7 Å². The van der Waals surface area contributed by atoms with Gasteiger partial charge in [0, 0.05) is 25.9 Å². The molecule has 2 heterocycles. The number of alkyl halides is 3. The molecule has 20 heavy (non-hydrogen) atoms. The molecular formula is C11H12F3N5S. The number of nitrogens with zero attached hydrogens (tertiary/aromatic N) is 4. The highest BCUT2D eigenvalue weighted by molar-refractivity contribution is 7.99. The Kier molecular flexibility index (Phi) is 4.17. The van der Waals surface area contributed by atoms with Gasteiger partial charge in [0.05, 0.1) is 11.1 Å². The lowest BCUT2D eigenvalue weighted by Crippen LogP contribution is -2.12. The van der Waals surface area contributed by atoms with Gasteiger partial charge < -0.3 is 5.32 Å². The first-order valence-corrected chi connectivity index (χ1v) is 6.57. The van der Waals surface area contributed by atoms with E-state index in [2.05, 4.69) is 20.4 Å². The monoisotopic (exact) mass is 303 g/mol. The van der Waals surface area contributed by atoms with Gasteiger partial charge in [0.25, 0.3) is 0 Å². The number of rotatable bonds is 4. The van der Waals surface area contributed by atoms with Crippen molar-refractivity contribution in [2.24, 2.45) is 7.05 Å². The predicted molar refractivity (Wildman–Crippen MR) is 68.5 cm³/mol. The van der Waals surface area contributed by atoms with Gasteiger partial charge in [-0.05, 0) is 6.92 Å². The van der Waals surface area contributed by atoms with Crippen LogP contribution in [0.1, 0.15) is 12.6 Å². The highest BCUT2D eigenvalue weighted by Gasteiger charge is 2.33. The third-order valence-corrected chi connectivity index (χ3v) is 3.10. The predicted octanol–water partition coefficient (Wildman–Crippen LogP) is 2.81. The van der Waals surface area contributed by atoms with E-state index < -0.39 is 11.9 Å². The van der Waals surface area contributed by atoms with Crippen LogP contribution >= 0.6 is 11.8 Å². The van der Waals surface area contributed by atoms with Gasteiger partial charge >= 0.3 is 6.18 Å². The molecule has 2 rings (SSSR count). The van der Waals surface area contributed by atoms with Crippen molar-refractivity contribution in [2.45, 2.75) is 23.0 Å². The van der Waals surface area contributed by atoms with Crippen LogP contribution in [-0.4, -0.2) is 26.3 Å². The standard InChI is InChI=1S/C11H12F3N5S/c1-3-15-10-17-8(11(12,13)14)4-9(18-10)20-7-5-16-19(2)6-7/h4-6H,3H2,1-2H3,(H,15,17,18). The summed E-state index contributed by atoms with van der Waals surface area (Å²) in [6.07, 6.45) is -1.24. The molecule has 0 radical (unpaired) electrons. The van der Waals surface area contributed by atoms with Gasteiger partial charge in [-0.25, -0.2) is 9.97 Å². The molecule has 0 bridgehead atoms. The molecular weight excluding hydrogens is 291 g/mol. The number of nitrogens with one attached hydrogen (secondary N) is 1. The summed E-state index contributed by atoms with van der Waals surface area (Å²) in [5.41, 5.74) is -0.963. The summed E-state index contributed by atoms with van der Waals surface area (Å²) in [6, 6.07) is 0.929. The average molecular weight is 303 g/mol. The maximum absolute atomic E-state index is 12.8. The minimum Gasteiger partial charge on any atom is -0.354 e. The molecule has 0 spiro atoms. The molecule has 0 atom stereocenters. The molecule has 0 amide bonds. The zero-order chi connectivity index (χ0) is 14.8. The number of aromatic nitrogens is 4. The molecule has 0 fully saturated rings. The van der Waals surface area contributed by atoms with Gasteiger partial charge in [-0.3, -0.25) is 4.68 Å². The third-order valence-electron chi connectivity index (χ3n) is 2.23. The topological polar surface area (TPSA) is 55.6 Å². The second-order valence-electron chi connectivity index (χ2n) is 3.89. The Morgan fingerprint density at radius 2 is 2.10 bits per heavy atom. The third kappa shape index (κ3) is 3.62. The van der Waals surface area contributed by atoms with E-state index in [0.717, 1.165) is 17.8 Å². The van der Waals surface area contributed by atoms with Crippen molar-refractivity contribution in [2.75, 3.05) is 11.9 Å². The van der Waals surface area contributed by atoms with Gasteiger partial charge in [0.1, 0.15) is 5.03 Å². The molecule has 0 aromatic carbocycles. The lowest BCUT2D eigenvalue weighted by Gasteiger charge is -2.10. The summed E-state index contributed by atoms with van der Waals surface area (Å²) in [5, 5.41) is 6.87. The fourth-order valence-corrected chi connectivity index (χ4v) is 2.28. The minimum absolute atomic E-state index is 0.0336. The first-order chi connectivity index (χ1) is 9.38. The molecule has 2 aromatic heterocycles. The van der Waals surface area contributed by atoms with Crippen LogP contribution in [0.25, 0.3) is 0 Å². The number of anilines is 1. The minimum atomic E-state index is -4.50. The Balaban J connectivity index is 2.33. The normalized spacial score (nSPS) is 11.7. The maximum atomic E-state index is 12.8. The number of halogens is 3. The van der Waals surface area contributed by atoms with Crippen molar-refractivity contribution < 1.29 is 13.2 Å². The molecule has 0 aliphatic heterocycles. The highest BCUT2D eigenvalue weighted by Crippen LogP contribution is 2.33. The Morgan fingerprint density at radius 3 is 2.65 bits per heavy atom. The molecule has 9 heteroatoms. The van der Waals surface area contributed by atoms with Gasteiger partial charge in [0.2, 0.25) is 5.95 Å². The number of hydrogen-bond acceptors (Lipinski definition) is 5. The summed E-state index contributed by atoms with van der Waals surface area (Å²) >= 11 is 1.10. The zero-order valence-corrected chi connectivity index (χ0v) is 11.6. The largest absolute Gasteiger partial charge is 0.433 e. The molecule has 1 N–H and O–H groups in total. The van der Waals surface area contributed by atoms with E-state index in [1.807, 2.05) is 0 Å². The fraction of sp³-hybridized carbons (Fsp3) is 0.364. The molecule has 108 valence electrons. The van der Waals surface area contributed by atoms with Crippen molar-refractivity contribution in [3.05, 3.63) is 24.2 Å². The first-order valence-electron chi connectivity index (χ1n) is 5.75. The Hall–Kier alpha value is -1.77. The van der Waals surface area contributed by atoms with Gasteiger partial charge in [0.15, 0.2) is 5.69 Å². The smallest absolute Gasteiger partial charge is 0.354 e. The summed E-state index contributed by atoms with van der Waals surface area (Å²) in [7, 11) is 1.73. The van der Waals surface area contributed by atoms with Crippen LogP contribution in [0.3, 0.4) is 0 Å². The van der Waals surface area contributed by atoms with Crippen LogP contribution < -0.4 is 5.32 Å². The van der Waals surface area contributed by atoms with Crippen LogP contribution in [-0.2, 0) is 13.2 Å². The van der Waals surface area contributed by atoms with E-state index in [9.17, 15) is 13.2 Å². The number of hydrogen-bond donors (Lipinski definition) is 1. The van der Waals surface area contributed by atoms with Crippen LogP contribution in [0, 0.1) is 0 Å². The molecule has 2 aromatic rings. The van der Waals surface area contributed by atoms with Gasteiger partial charge in [-0.2, -0.15) is 18.3 Å². The van der Waals surface area contributed by atoms with Crippen LogP contribution in [0.2, 0.25) is 0 Å². The van der Waals surface area contributed by atoms with E-state index >= 15 is 0 Å². The van der Waals surface area contributed by atoms with Crippen molar-refractivity contribution in [3.8, 4) is 0 Å². The second-order valence-corrected chi connectivity index (χ2v) is 4.99. The van der Waals surface area contributed by atoms with Crippen LogP contribution in [0.4, 0.5) is 19.1 Å². The van der Waals surface area contributed by atoms with Gasteiger partial charge in [-0.1, -0.05) is 11.8 Å². The lowest BCUT2D eigenvalue weighted by atomic mass is 10.4. The van der Waals surface area contributed by atoms with Gasteiger partial charge in [-0.15, -0.1) is 0 Å². The summed E-state index contributed by atoms with van der Waals surface area (Å²) in [6.45, 7) is 2.20. The van der Waals surface area contributed by atoms with Crippen LogP contribution in [0.5, 0.6) is 0 Å². The Bertz CT molecular complexity index is 596. The summed E-state index contributed by atoms with van der Waals surface area (Å²) in [4.78, 5) is 8.21. The quantitative estimate of drug-likeness (QED) is 0.880. The fourth-order valence-electron chi connectivity index (χ4n) is 1.43. The van der Waals surface area contributed by atoms with Crippen molar-refractivity contribution >= 4 is 17.7 Å². The SMILES string of the molecule is CCNc1nc(Sc2cnn(C)c2)cc(C(F)(F)F)n1. The molecule has 0 unspecified atom stereocenters. The van der Waals surface area contributed by atoms with E-state index in [1.54, 1.807) is 31.0 Å². The Labute approximate surface area is 117 Å². The van der Waals surface area contributed by atoms with E-state index in [1.165, 1.54) is 0 Å². The molecule has 0 saturated carbocycles. The zero-order valence-electron chi connectivity index (χ0n) is 10.8. The van der Waals surface area contributed by atoms with Crippen molar-refractivity contribution in [3.63, 3.8) is 0 Å². The lowest BCUT2D eigenvalue weighted by molar-refractivity contribution is -0.141. The Morgan fingerprint density at radius 1 is 1.35 bits per heavy atom.